The van der Waals surface area contributed by atoms with Gasteiger partial charge >= 0.3 is 0 Å². The standard InChI is InChI=1S/C52H68Si/c1-31-19-21-41-43(45(31)35-25-37(49(5,6)7)29-38(26-35)50(8,9)10)23-33(3)47(41)53(17,18)48-34(4)24-44-42(48)22-20-32(2)46(44)36-27-39(51(11,12)13)30-40(28-36)52(14,15)16/h19-30,47-48H,1-18H3. The van der Waals surface area contributed by atoms with Gasteiger partial charge in [-0.1, -0.05) is 180 Å². The minimum Gasteiger partial charge on any atom is -0.0679 e. The summed E-state index contributed by atoms with van der Waals surface area (Å²) in [6.07, 6.45) is 5.14. The molecule has 1 heteroatoms. The van der Waals surface area contributed by atoms with Crippen LogP contribution in [0.2, 0.25) is 13.1 Å². The van der Waals surface area contributed by atoms with E-state index in [0.717, 1.165) is 0 Å². The molecule has 4 aromatic rings. The van der Waals surface area contributed by atoms with E-state index in [0.29, 0.717) is 11.1 Å². The maximum Gasteiger partial charge on any atom is 0.0722 e. The molecule has 0 aliphatic heterocycles. The Bertz CT molecular complexity index is 1950. The van der Waals surface area contributed by atoms with E-state index in [-0.39, 0.29) is 21.7 Å². The van der Waals surface area contributed by atoms with Crippen molar-refractivity contribution < 1.29 is 0 Å². The molecule has 2 aliphatic rings. The fraction of sp³-hybridized carbons (Fsp3) is 0.462. The van der Waals surface area contributed by atoms with Crippen molar-refractivity contribution in [2.75, 3.05) is 0 Å². The van der Waals surface area contributed by atoms with Crippen LogP contribution in [-0.2, 0) is 21.7 Å². The quantitative estimate of drug-likeness (QED) is 0.184. The number of hydrogen-bond acceptors (Lipinski definition) is 0. The van der Waals surface area contributed by atoms with Crippen molar-refractivity contribution in [2.45, 2.75) is 157 Å². The fourth-order valence-electron chi connectivity index (χ4n) is 9.60. The van der Waals surface area contributed by atoms with Crippen LogP contribution in [0.1, 0.15) is 164 Å². The SMILES string of the molecule is CC1=Cc2c(ccc(C)c2-c2cc(C(C)(C)C)cc(C(C)(C)C)c2)C1[Si](C)(C)C1C(C)=Cc2c1ccc(C)c2-c1cc(C(C)(C)C)cc(C(C)(C)C)c1. The van der Waals surface area contributed by atoms with Gasteiger partial charge in [-0.05, 0) is 127 Å². The van der Waals surface area contributed by atoms with Gasteiger partial charge in [-0.25, -0.2) is 0 Å². The van der Waals surface area contributed by atoms with Gasteiger partial charge in [0.15, 0.2) is 0 Å². The van der Waals surface area contributed by atoms with Gasteiger partial charge in [-0.3, -0.25) is 0 Å². The second kappa shape index (κ2) is 12.8. The summed E-state index contributed by atoms with van der Waals surface area (Å²) in [5, 5.41) is 0. The van der Waals surface area contributed by atoms with Crippen LogP contribution >= 0.6 is 0 Å². The zero-order valence-electron chi connectivity index (χ0n) is 36.6. The molecule has 0 fully saturated rings. The molecule has 53 heavy (non-hydrogen) atoms. The van der Waals surface area contributed by atoms with Crippen LogP contribution in [0.3, 0.4) is 0 Å². The summed E-state index contributed by atoms with van der Waals surface area (Å²) < 4.78 is 0. The molecule has 280 valence electrons. The molecule has 0 radical (unpaired) electrons. The number of benzene rings is 4. The van der Waals surface area contributed by atoms with Crippen LogP contribution in [0.4, 0.5) is 0 Å². The molecule has 0 saturated carbocycles. The molecule has 0 N–H and O–H groups in total. The molecule has 0 nitrogen and oxygen atoms in total. The molecule has 2 unspecified atom stereocenters. The minimum atomic E-state index is -2.05. The van der Waals surface area contributed by atoms with Gasteiger partial charge in [-0.2, -0.15) is 0 Å². The van der Waals surface area contributed by atoms with Crippen molar-refractivity contribution in [3.63, 3.8) is 0 Å². The Kier molecular flexibility index (Phi) is 9.51. The number of rotatable bonds is 4. The molecule has 0 bridgehead atoms. The first-order valence-corrected chi connectivity index (χ1v) is 23.3. The Morgan fingerprint density at radius 1 is 0.415 bits per heavy atom. The van der Waals surface area contributed by atoms with E-state index >= 15 is 0 Å². The molecule has 6 rings (SSSR count). The van der Waals surface area contributed by atoms with Gasteiger partial charge in [0.25, 0.3) is 0 Å². The Balaban J connectivity index is 1.50. The summed E-state index contributed by atoms with van der Waals surface area (Å²) >= 11 is 0. The van der Waals surface area contributed by atoms with Crippen molar-refractivity contribution >= 4 is 20.2 Å². The predicted octanol–water partition coefficient (Wildman–Crippen LogP) is 15.3. The third-order valence-corrected chi connectivity index (χ3v) is 17.2. The first-order chi connectivity index (χ1) is 24.2. The molecule has 0 aromatic heterocycles. The van der Waals surface area contributed by atoms with Gasteiger partial charge < -0.3 is 0 Å². The predicted molar refractivity (Wildman–Crippen MR) is 238 cm³/mol. The molecule has 2 aliphatic carbocycles. The summed E-state index contributed by atoms with van der Waals surface area (Å²) in [7, 11) is -2.05. The van der Waals surface area contributed by atoms with Gasteiger partial charge in [0.05, 0.1) is 8.07 Å². The van der Waals surface area contributed by atoms with E-state index in [1.165, 1.54) is 77.9 Å². The van der Waals surface area contributed by atoms with Gasteiger partial charge in [-0.15, -0.1) is 0 Å². The zero-order valence-corrected chi connectivity index (χ0v) is 37.6. The largest absolute Gasteiger partial charge is 0.0722 e. The second-order valence-corrected chi connectivity index (χ2v) is 26.4. The van der Waals surface area contributed by atoms with E-state index in [9.17, 15) is 0 Å². The first-order valence-electron chi connectivity index (χ1n) is 20.2. The summed E-state index contributed by atoms with van der Waals surface area (Å²) in [5.41, 5.74) is 24.3. The lowest BCUT2D eigenvalue weighted by atomic mass is 9.78. The third kappa shape index (κ3) is 7.01. The van der Waals surface area contributed by atoms with E-state index in [1.807, 2.05) is 0 Å². The molecule has 0 saturated heterocycles. The number of aryl methyl sites for hydroxylation is 2. The van der Waals surface area contributed by atoms with E-state index in [1.54, 1.807) is 11.1 Å². The average molecular weight is 721 g/mol. The lowest BCUT2D eigenvalue weighted by molar-refractivity contribution is 0.568. The molecule has 0 spiro atoms. The summed E-state index contributed by atoms with van der Waals surface area (Å²) in [5.74, 6) is 0. The second-order valence-electron chi connectivity index (χ2n) is 21.6. The molecule has 2 atom stereocenters. The Morgan fingerprint density at radius 3 is 0.962 bits per heavy atom. The average Bonchev–Trinajstić information content (AvgIpc) is 3.54. The number of hydrogen-bond donors (Lipinski definition) is 0. The van der Waals surface area contributed by atoms with Gasteiger partial charge in [0, 0.05) is 11.1 Å². The summed E-state index contributed by atoms with van der Waals surface area (Å²) in [6.45, 7) is 43.0. The van der Waals surface area contributed by atoms with Crippen molar-refractivity contribution in [1.82, 2.24) is 0 Å². The maximum absolute atomic E-state index is 2.68. The van der Waals surface area contributed by atoms with Gasteiger partial charge in [0.1, 0.15) is 0 Å². The summed E-state index contributed by atoms with van der Waals surface area (Å²) in [6, 6.07) is 24.7. The molecular formula is C52H68Si. The molecule has 0 amide bonds. The first kappa shape index (κ1) is 39.3. The normalized spacial score (nSPS) is 17.8. The van der Waals surface area contributed by atoms with E-state index in [2.05, 4.69) is 197 Å². The summed E-state index contributed by atoms with van der Waals surface area (Å²) in [4.78, 5) is 0. The van der Waals surface area contributed by atoms with Crippen LogP contribution in [0.15, 0.2) is 71.8 Å². The van der Waals surface area contributed by atoms with Crippen LogP contribution in [0.5, 0.6) is 0 Å². The van der Waals surface area contributed by atoms with Crippen LogP contribution in [0, 0.1) is 13.8 Å². The van der Waals surface area contributed by atoms with E-state index in [4.69, 9.17) is 0 Å². The molecular weight excluding hydrogens is 653 g/mol. The van der Waals surface area contributed by atoms with Crippen LogP contribution < -0.4 is 0 Å². The highest BCUT2D eigenvalue weighted by Gasteiger charge is 2.47. The minimum absolute atomic E-state index is 0.0738. The topological polar surface area (TPSA) is 0 Å². The van der Waals surface area contributed by atoms with Crippen LogP contribution in [-0.4, -0.2) is 8.07 Å². The Hall–Kier alpha value is -3.42. The number of allylic oxidation sites excluding steroid dienone is 2. The fourth-order valence-corrected chi connectivity index (χ4v) is 14.6. The van der Waals surface area contributed by atoms with E-state index < -0.39 is 8.07 Å². The molecule has 4 aromatic carbocycles. The monoisotopic (exact) mass is 721 g/mol. The number of fused-ring (bicyclic) bond motifs is 2. The lowest BCUT2D eigenvalue weighted by Gasteiger charge is -2.39. The Morgan fingerprint density at radius 2 is 0.698 bits per heavy atom. The molecule has 0 heterocycles. The highest BCUT2D eigenvalue weighted by Crippen LogP contribution is 2.55. The highest BCUT2D eigenvalue weighted by molar-refractivity contribution is 6.81. The van der Waals surface area contributed by atoms with Gasteiger partial charge in [0.2, 0.25) is 0 Å². The van der Waals surface area contributed by atoms with Crippen molar-refractivity contribution in [3.05, 3.63) is 127 Å². The Labute approximate surface area is 325 Å². The highest BCUT2D eigenvalue weighted by atomic mass is 28.3. The zero-order chi connectivity index (χ0) is 39.4. The smallest absolute Gasteiger partial charge is 0.0679 e. The van der Waals surface area contributed by atoms with Crippen molar-refractivity contribution in [3.8, 4) is 22.3 Å². The maximum atomic E-state index is 2.68. The van der Waals surface area contributed by atoms with Crippen molar-refractivity contribution in [1.29, 1.82) is 0 Å². The van der Waals surface area contributed by atoms with Crippen LogP contribution in [0.25, 0.3) is 34.4 Å². The third-order valence-electron chi connectivity index (χ3n) is 12.6. The lowest BCUT2D eigenvalue weighted by Crippen LogP contribution is -2.42. The van der Waals surface area contributed by atoms with Crippen molar-refractivity contribution in [2.24, 2.45) is 0 Å².